The minimum Gasteiger partial charge on any atom is -0.383 e. The van der Waals surface area contributed by atoms with Crippen molar-refractivity contribution >= 4 is 5.82 Å². The number of nitrogens with two attached hydrogens (primary N) is 1. The van der Waals surface area contributed by atoms with Crippen LogP contribution in [0, 0.1) is 5.41 Å². The van der Waals surface area contributed by atoms with Crippen LogP contribution in [0.1, 0.15) is 39.3 Å². The maximum Gasteiger partial charge on any atom is 0.128 e. The molecule has 0 bridgehead atoms. The molecule has 1 aromatic heterocycles. The second-order valence-corrected chi connectivity index (χ2v) is 5.54. The molecule has 0 aliphatic rings. The van der Waals surface area contributed by atoms with Gasteiger partial charge in [-0.05, 0) is 18.0 Å². The van der Waals surface area contributed by atoms with Crippen molar-refractivity contribution in [2.45, 2.75) is 39.8 Å². The Morgan fingerprint density at radius 2 is 2.11 bits per heavy atom. The van der Waals surface area contributed by atoms with Gasteiger partial charge in [-0.3, -0.25) is 0 Å². The molecule has 0 amide bonds. The molecule has 0 aliphatic carbocycles. The Labute approximate surface area is 110 Å². The zero-order valence-corrected chi connectivity index (χ0v) is 12.0. The third kappa shape index (κ3) is 3.43. The highest BCUT2D eigenvalue weighted by atomic mass is 16.5. The summed E-state index contributed by atoms with van der Waals surface area (Å²) in [6.07, 6.45) is 1.74. The highest BCUT2D eigenvalue weighted by Gasteiger charge is 2.34. The summed E-state index contributed by atoms with van der Waals surface area (Å²) >= 11 is 0. The number of methoxy groups -OCH3 is 1. The lowest BCUT2D eigenvalue weighted by molar-refractivity contribution is -0.0114. The van der Waals surface area contributed by atoms with Gasteiger partial charge in [0, 0.05) is 18.9 Å². The van der Waals surface area contributed by atoms with Gasteiger partial charge in [0.1, 0.15) is 5.82 Å². The Kier molecular flexibility index (Phi) is 5.11. The molecule has 4 nitrogen and oxygen atoms in total. The molecule has 3 N–H and O–H groups in total. The van der Waals surface area contributed by atoms with Gasteiger partial charge in [-0.2, -0.15) is 0 Å². The van der Waals surface area contributed by atoms with Crippen LogP contribution in [0.3, 0.4) is 0 Å². The summed E-state index contributed by atoms with van der Waals surface area (Å²) in [5.41, 5.74) is 7.00. The van der Waals surface area contributed by atoms with Gasteiger partial charge in [0.25, 0.3) is 0 Å². The predicted octanol–water partition coefficient (Wildman–Crippen LogP) is 2.38. The van der Waals surface area contributed by atoms with Gasteiger partial charge in [-0.15, -0.1) is 0 Å². The first-order chi connectivity index (χ1) is 8.41. The van der Waals surface area contributed by atoms with Crippen molar-refractivity contribution in [3.05, 3.63) is 23.9 Å². The van der Waals surface area contributed by atoms with Crippen LogP contribution >= 0.6 is 0 Å². The third-order valence-electron chi connectivity index (χ3n) is 3.04. The van der Waals surface area contributed by atoms with Crippen LogP contribution in [0.25, 0.3) is 0 Å². The molecule has 0 spiro atoms. The number of rotatable bonds is 5. The average Bonchev–Trinajstić information content (AvgIpc) is 2.28. The van der Waals surface area contributed by atoms with E-state index in [0.717, 1.165) is 12.1 Å². The molecule has 0 saturated heterocycles. The number of nitrogen functional groups attached to an aromatic ring is 1. The molecule has 4 heteroatoms. The molecular formula is C14H25N3O. The van der Waals surface area contributed by atoms with Crippen LogP contribution in [0.5, 0.6) is 0 Å². The van der Waals surface area contributed by atoms with Crippen molar-refractivity contribution in [1.82, 2.24) is 10.3 Å². The van der Waals surface area contributed by atoms with Gasteiger partial charge in [-0.25, -0.2) is 4.98 Å². The predicted molar refractivity (Wildman–Crippen MR) is 75.3 cm³/mol. The molecular weight excluding hydrogens is 226 g/mol. The van der Waals surface area contributed by atoms with Crippen molar-refractivity contribution < 1.29 is 4.74 Å². The summed E-state index contributed by atoms with van der Waals surface area (Å²) in [5.74, 6) is 0.565. The number of nitrogens with zero attached hydrogens (tertiary/aromatic N) is 1. The fourth-order valence-corrected chi connectivity index (χ4v) is 2.28. The Morgan fingerprint density at radius 1 is 1.44 bits per heavy atom. The van der Waals surface area contributed by atoms with Gasteiger partial charge >= 0.3 is 0 Å². The molecule has 1 rings (SSSR count). The quantitative estimate of drug-likeness (QED) is 0.843. The monoisotopic (exact) mass is 251 g/mol. The maximum absolute atomic E-state index is 5.98. The van der Waals surface area contributed by atoms with E-state index in [2.05, 4.69) is 38.0 Å². The summed E-state index contributed by atoms with van der Waals surface area (Å²) in [7, 11) is 1.74. The minimum atomic E-state index is 0.0177. The standard InChI is InChI=1S/C14H25N3O/c1-6-16-11(12(18-5)14(2,3)4)10-8-7-9-17-13(10)15/h7-9,11-12,16H,6H2,1-5H3,(H2,15,17). The molecule has 1 heterocycles. The summed E-state index contributed by atoms with van der Waals surface area (Å²) in [5, 5.41) is 3.45. The second kappa shape index (κ2) is 6.16. The molecule has 0 radical (unpaired) electrons. The Morgan fingerprint density at radius 3 is 2.56 bits per heavy atom. The van der Waals surface area contributed by atoms with Crippen LogP contribution in [0.2, 0.25) is 0 Å². The number of hydrogen-bond donors (Lipinski definition) is 2. The van der Waals surface area contributed by atoms with E-state index in [1.807, 2.05) is 12.1 Å². The molecule has 0 saturated carbocycles. The van der Waals surface area contributed by atoms with E-state index in [1.54, 1.807) is 13.3 Å². The molecule has 0 fully saturated rings. The second-order valence-electron chi connectivity index (χ2n) is 5.54. The summed E-state index contributed by atoms with van der Waals surface area (Å²) in [6, 6.07) is 3.97. The third-order valence-corrected chi connectivity index (χ3v) is 3.04. The first-order valence-electron chi connectivity index (χ1n) is 6.38. The van der Waals surface area contributed by atoms with Crippen LogP contribution in [0.15, 0.2) is 18.3 Å². The Hall–Kier alpha value is -1.13. The highest BCUT2D eigenvalue weighted by molar-refractivity contribution is 5.41. The molecule has 0 aliphatic heterocycles. The fourth-order valence-electron chi connectivity index (χ4n) is 2.28. The Bertz CT molecular complexity index is 374. The zero-order chi connectivity index (χ0) is 13.8. The summed E-state index contributed by atoms with van der Waals surface area (Å²) in [6.45, 7) is 9.43. The SMILES string of the molecule is CCNC(c1cccnc1N)C(OC)C(C)(C)C. The first-order valence-corrected chi connectivity index (χ1v) is 6.38. The van der Waals surface area contributed by atoms with E-state index in [4.69, 9.17) is 10.5 Å². The van der Waals surface area contributed by atoms with Gasteiger partial charge < -0.3 is 15.8 Å². The number of likely N-dealkylation sites (N-methyl/N-ethyl adjacent to an activating group) is 1. The topological polar surface area (TPSA) is 60.2 Å². The van der Waals surface area contributed by atoms with Gasteiger partial charge in [0.15, 0.2) is 0 Å². The highest BCUT2D eigenvalue weighted by Crippen LogP contribution is 2.33. The van der Waals surface area contributed by atoms with E-state index in [-0.39, 0.29) is 17.6 Å². The number of hydrogen-bond acceptors (Lipinski definition) is 4. The van der Waals surface area contributed by atoms with E-state index < -0.39 is 0 Å². The zero-order valence-electron chi connectivity index (χ0n) is 12.0. The van der Waals surface area contributed by atoms with Crippen molar-refractivity contribution in [1.29, 1.82) is 0 Å². The summed E-state index contributed by atoms with van der Waals surface area (Å²) < 4.78 is 5.69. The van der Waals surface area contributed by atoms with Crippen molar-refractivity contribution in [3.63, 3.8) is 0 Å². The number of aromatic nitrogens is 1. The van der Waals surface area contributed by atoms with Crippen molar-refractivity contribution in [2.24, 2.45) is 5.41 Å². The lowest BCUT2D eigenvalue weighted by Gasteiger charge is -2.36. The minimum absolute atomic E-state index is 0.0177. The summed E-state index contributed by atoms with van der Waals surface area (Å²) in [4.78, 5) is 4.16. The number of ether oxygens (including phenoxy) is 1. The van der Waals surface area contributed by atoms with Crippen molar-refractivity contribution in [3.8, 4) is 0 Å². The lowest BCUT2D eigenvalue weighted by atomic mass is 9.82. The van der Waals surface area contributed by atoms with Crippen LogP contribution < -0.4 is 11.1 Å². The Balaban J connectivity index is 3.13. The number of anilines is 1. The number of nitrogens with one attached hydrogen (secondary N) is 1. The molecule has 2 atom stereocenters. The van der Waals surface area contributed by atoms with Gasteiger partial charge in [-0.1, -0.05) is 33.8 Å². The van der Waals surface area contributed by atoms with Gasteiger partial charge in [0.05, 0.1) is 12.1 Å². The molecule has 2 unspecified atom stereocenters. The van der Waals surface area contributed by atoms with Crippen LogP contribution in [0.4, 0.5) is 5.82 Å². The maximum atomic E-state index is 5.98. The van der Waals surface area contributed by atoms with Crippen LogP contribution in [-0.2, 0) is 4.74 Å². The van der Waals surface area contributed by atoms with Gasteiger partial charge in [0.2, 0.25) is 0 Å². The normalized spacial score (nSPS) is 15.4. The van der Waals surface area contributed by atoms with E-state index in [0.29, 0.717) is 5.82 Å². The number of pyridine rings is 1. The largest absolute Gasteiger partial charge is 0.383 e. The molecule has 1 aromatic rings. The van der Waals surface area contributed by atoms with E-state index >= 15 is 0 Å². The smallest absolute Gasteiger partial charge is 0.128 e. The molecule has 0 aromatic carbocycles. The first kappa shape index (κ1) is 14.9. The molecule has 102 valence electrons. The molecule has 18 heavy (non-hydrogen) atoms. The van der Waals surface area contributed by atoms with Crippen LogP contribution in [-0.4, -0.2) is 24.7 Å². The lowest BCUT2D eigenvalue weighted by Crippen LogP contribution is -2.41. The van der Waals surface area contributed by atoms with Crippen molar-refractivity contribution in [2.75, 3.05) is 19.4 Å². The van der Waals surface area contributed by atoms with E-state index in [9.17, 15) is 0 Å². The fraction of sp³-hybridized carbons (Fsp3) is 0.643. The van der Waals surface area contributed by atoms with E-state index in [1.165, 1.54) is 0 Å². The average molecular weight is 251 g/mol.